The first-order valence-electron chi connectivity index (χ1n) is 9.67. The number of imide groups is 1. The maximum Gasteiger partial charge on any atom is 0.282 e. The van der Waals surface area contributed by atoms with Crippen molar-refractivity contribution >= 4 is 28.8 Å². The van der Waals surface area contributed by atoms with E-state index in [1.165, 1.54) is 17.0 Å². The van der Waals surface area contributed by atoms with E-state index in [9.17, 15) is 19.7 Å². The van der Waals surface area contributed by atoms with Gasteiger partial charge >= 0.3 is 0 Å². The third-order valence-electron chi connectivity index (χ3n) is 5.36. The van der Waals surface area contributed by atoms with Gasteiger partial charge in [0.15, 0.2) is 0 Å². The molecular weight excluding hydrogens is 370 g/mol. The molecule has 4 rings (SSSR count). The fourth-order valence-corrected chi connectivity index (χ4v) is 3.94. The summed E-state index contributed by atoms with van der Waals surface area (Å²) in [5.41, 5.74) is 2.65. The Balaban J connectivity index is 1.82. The smallest absolute Gasteiger partial charge is 0.282 e. The highest BCUT2D eigenvalue weighted by Crippen LogP contribution is 2.36. The Labute approximate surface area is 168 Å². The fourth-order valence-electron chi connectivity index (χ4n) is 3.94. The number of non-ortho nitro benzene ring substituents is 1. The van der Waals surface area contributed by atoms with Gasteiger partial charge < -0.3 is 4.90 Å². The van der Waals surface area contributed by atoms with E-state index in [2.05, 4.69) is 0 Å². The summed E-state index contributed by atoms with van der Waals surface area (Å²) < 4.78 is 0. The van der Waals surface area contributed by atoms with Crippen LogP contribution in [0, 0.1) is 17.0 Å². The van der Waals surface area contributed by atoms with Crippen LogP contribution in [0.4, 0.5) is 11.4 Å². The van der Waals surface area contributed by atoms with Crippen molar-refractivity contribution < 1.29 is 14.5 Å². The number of benzene rings is 2. The molecule has 0 aromatic heterocycles. The second-order valence-corrected chi connectivity index (χ2v) is 7.36. The fraction of sp³-hybridized carbons (Fsp3) is 0.273. The predicted octanol–water partition coefficient (Wildman–Crippen LogP) is 3.67. The zero-order chi connectivity index (χ0) is 20.5. The van der Waals surface area contributed by atoms with E-state index >= 15 is 0 Å². The molecule has 2 aromatic carbocycles. The molecule has 0 spiro atoms. The molecule has 0 saturated carbocycles. The summed E-state index contributed by atoms with van der Waals surface area (Å²) in [6.07, 6.45) is 3.02. The van der Waals surface area contributed by atoms with Crippen molar-refractivity contribution in [3.63, 3.8) is 0 Å². The molecule has 0 aliphatic carbocycles. The number of rotatable bonds is 4. The molecule has 2 aliphatic heterocycles. The summed E-state index contributed by atoms with van der Waals surface area (Å²) in [6, 6.07) is 13.1. The molecule has 2 heterocycles. The molecule has 2 aliphatic rings. The molecule has 1 fully saturated rings. The Morgan fingerprint density at radius 1 is 0.931 bits per heavy atom. The van der Waals surface area contributed by atoms with Crippen molar-refractivity contribution in [1.29, 1.82) is 0 Å². The van der Waals surface area contributed by atoms with Gasteiger partial charge in [-0.1, -0.05) is 12.1 Å². The first-order valence-corrected chi connectivity index (χ1v) is 9.67. The van der Waals surface area contributed by atoms with Crippen LogP contribution >= 0.6 is 0 Å². The summed E-state index contributed by atoms with van der Waals surface area (Å²) in [4.78, 5) is 40.5. The van der Waals surface area contributed by atoms with Crippen molar-refractivity contribution in [2.45, 2.75) is 26.2 Å². The van der Waals surface area contributed by atoms with Gasteiger partial charge in [-0.25, -0.2) is 4.90 Å². The third kappa shape index (κ3) is 3.40. The highest BCUT2D eigenvalue weighted by Gasteiger charge is 2.42. The van der Waals surface area contributed by atoms with Crippen LogP contribution in [-0.2, 0) is 9.59 Å². The predicted molar refractivity (Wildman–Crippen MR) is 109 cm³/mol. The quantitative estimate of drug-likeness (QED) is 0.451. The number of amides is 2. The van der Waals surface area contributed by atoms with Gasteiger partial charge in [0.05, 0.1) is 16.2 Å². The summed E-state index contributed by atoms with van der Waals surface area (Å²) in [5.74, 6) is -0.731. The van der Waals surface area contributed by atoms with Gasteiger partial charge in [-0.3, -0.25) is 19.7 Å². The molecule has 148 valence electrons. The van der Waals surface area contributed by atoms with E-state index < -0.39 is 10.8 Å². The molecule has 1 saturated heterocycles. The van der Waals surface area contributed by atoms with E-state index in [4.69, 9.17) is 0 Å². The average Bonchev–Trinajstić information content (AvgIpc) is 2.99. The Hall–Kier alpha value is -3.48. The molecule has 7 nitrogen and oxygen atoms in total. The minimum atomic E-state index is -0.482. The highest BCUT2D eigenvalue weighted by atomic mass is 16.6. The van der Waals surface area contributed by atoms with Crippen molar-refractivity contribution in [2.24, 2.45) is 0 Å². The summed E-state index contributed by atoms with van der Waals surface area (Å²) >= 11 is 0. The lowest BCUT2D eigenvalue weighted by atomic mass is 10.0. The number of nitrogens with zero attached hydrogens (tertiary/aromatic N) is 3. The van der Waals surface area contributed by atoms with E-state index in [1.807, 2.05) is 30.0 Å². The topological polar surface area (TPSA) is 83.8 Å². The van der Waals surface area contributed by atoms with E-state index in [-0.39, 0.29) is 11.6 Å². The van der Waals surface area contributed by atoms with E-state index in [0.717, 1.165) is 24.8 Å². The standard InChI is InChI=1S/C22H21N3O4/c1-15-6-5-7-18(14-15)24-21(26)19(16-8-10-17(11-9-16)25(28)29)20(22(24)27)23-12-3-2-4-13-23/h5-11,14H,2-4,12-13H2,1H3. The third-order valence-corrected chi connectivity index (χ3v) is 5.36. The monoisotopic (exact) mass is 391 g/mol. The Bertz CT molecular complexity index is 1020. The molecule has 0 bridgehead atoms. The Morgan fingerprint density at radius 2 is 1.62 bits per heavy atom. The molecule has 2 aromatic rings. The number of piperidine rings is 1. The lowest BCUT2D eigenvalue weighted by Crippen LogP contribution is -2.37. The summed E-state index contributed by atoms with van der Waals surface area (Å²) in [5, 5.41) is 11.0. The molecule has 7 heteroatoms. The van der Waals surface area contributed by atoms with Gasteiger partial charge in [-0.15, -0.1) is 0 Å². The van der Waals surface area contributed by atoms with Gasteiger partial charge in [-0.05, 0) is 61.6 Å². The Morgan fingerprint density at radius 3 is 2.24 bits per heavy atom. The van der Waals surface area contributed by atoms with Gasteiger partial charge in [0.2, 0.25) is 0 Å². The van der Waals surface area contributed by atoms with E-state index in [0.29, 0.717) is 35.6 Å². The zero-order valence-corrected chi connectivity index (χ0v) is 16.1. The molecular formula is C22H21N3O4. The molecule has 0 atom stereocenters. The minimum Gasteiger partial charge on any atom is -0.366 e. The number of hydrogen-bond acceptors (Lipinski definition) is 5. The van der Waals surface area contributed by atoms with Crippen LogP contribution in [0.15, 0.2) is 54.2 Å². The molecule has 0 radical (unpaired) electrons. The van der Waals surface area contributed by atoms with Gasteiger partial charge in [0.1, 0.15) is 5.70 Å². The van der Waals surface area contributed by atoms with E-state index in [1.54, 1.807) is 18.2 Å². The maximum atomic E-state index is 13.4. The van der Waals surface area contributed by atoms with Crippen LogP contribution in [0.3, 0.4) is 0 Å². The second kappa shape index (κ2) is 7.50. The molecule has 29 heavy (non-hydrogen) atoms. The number of carbonyl (C=O) groups excluding carboxylic acids is 2. The lowest BCUT2D eigenvalue weighted by Gasteiger charge is -2.29. The van der Waals surface area contributed by atoms with Crippen LogP contribution in [0.1, 0.15) is 30.4 Å². The molecule has 0 unspecified atom stereocenters. The lowest BCUT2D eigenvalue weighted by molar-refractivity contribution is -0.384. The van der Waals surface area contributed by atoms with Crippen molar-refractivity contribution in [1.82, 2.24) is 4.90 Å². The van der Waals surface area contributed by atoms with Crippen molar-refractivity contribution in [3.05, 3.63) is 75.5 Å². The van der Waals surface area contributed by atoms with Crippen molar-refractivity contribution in [2.75, 3.05) is 18.0 Å². The van der Waals surface area contributed by atoms with Crippen LogP contribution in [0.5, 0.6) is 0 Å². The maximum absolute atomic E-state index is 13.4. The minimum absolute atomic E-state index is 0.0545. The van der Waals surface area contributed by atoms with Gasteiger partial charge in [0, 0.05) is 25.2 Å². The number of nitro benzene ring substituents is 1. The number of likely N-dealkylation sites (tertiary alicyclic amines) is 1. The van der Waals surface area contributed by atoms with Crippen molar-refractivity contribution in [3.8, 4) is 0 Å². The van der Waals surface area contributed by atoms with Crippen LogP contribution in [0.2, 0.25) is 0 Å². The first kappa shape index (κ1) is 18.9. The highest BCUT2D eigenvalue weighted by molar-refractivity contribution is 6.45. The average molecular weight is 391 g/mol. The molecule has 0 N–H and O–H groups in total. The zero-order valence-electron chi connectivity index (χ0n) is 16.1. The van der Waals surface area contributed by atoms with Crippen LogP contribution in [-0.4, -0.2) is 34.7 Å². The number of anilines is 1. The Kier molecular flexibility index (Phi) is 4.88. The normalized spacial score (nSPS) is 17.3. The van der Waals surface area contributed by atoms with Gasteiger partial charge in [0.25, 0.3) is 17.5 Å². The van der Waals surface area contributed by atoms with Crippen LogP contribution < -0.4 is 4.90 Å². The SMILES string of the molecule is Cc1cccc(N2C(=O)C(c3ccc([N+](=O)[O-])cc3)=C(N3CCCCC3)C2=O)c1. The number of nitro groups is 1. The van der Waals surface area contributed by atoms with Crippen LogP contribution in [0.25, 0.3) is 5.57 Å². The molecule has 2 amide bonds. The summed E-state index contributed by atoms with van der Waals surface area (Å²) in [6.45, 7) is 3.34. The second-order valence-electron chi connectivity index (χ2n) is 7.36. The number of hydrogen-bond donors (Lipinski definition) is 0. The number of aryl methyl sites for hydroxylation is 1. The largest absolute Gasteiger partial charge is 0.366 e. The number of carbonyl (C=O) groups is 2. The first-order chi connectivity index (χ1) is 14.0. The summed E-state index contributed by atoms with van der Waals surface area (Å²) in [7, 11) is 0. The van der Waals surface area contributed by atoms with Gasteiger partial charge in [-0.2, -0.15) is 0 Å².